The van der Waals surface area contributed by atoms with Gasteiger partial charge in [0, 0.05) is 28.7 Å². The molecule has 0 aliphatic carbocycles. The van der Waals surface area contributed by atoms with Gasteiger partial charge in [0.05, 0.1) is 6.10 Å². The van der Waals surface area contributed by atoms with Gasteiger partial charge in [-0.1, -0.05) is 65.7 Å². The molecule has 0 unspecified atom stereocenters. The summed E-state index contributed by atoms with van der Waals surface area (Å²) in [5.41, 5.74) is 2.81. The van der Waals surface area contributed by atoms with E-state index in [2.05, 4.69) is 5.32 Å². The van der Waals surface area contributed by atoms with Crippen molar-refractivity contribution in [3.05, 3.63) is 99.5 Å². The Balaban J connectivity index is 1.60. The first kappa shape index (κ1) is 19.7. The Morgan fingerprint density at radius 2 is 1.67 bits per heavy atom. The van der Waals surface area contributed by atoms with E-state index in [0.29, 0.717) is 29.7 Å². The molecule has 0 bridgehead atoms. The van der Waals surface area contributed by atoms with E-state index < -0.39 is 6.10 Å². The van der Waals surface area contributed by atoms with Crippen LogP contribution >= 0.6 is 23.2 Å². The molecule has 3 aromatic carbocycles. The van der Waals surface area contributed by atoms with Crippen LogP contribution < -0.4 is 10.1 Å². The zero-order valence-corrected chi connectivity index (χ0v) is 16.3. The Labute approximate surface area is 169 Å². The molecule has 0 aromatic heterocycles. The average molecular weight is 402 g/mol. The summed E-state index contributed by atoms with van der Waals surface area (Å²) in [6.45, 7) is 1.39. The van der Waals surface area contributed by atoms with Gasteiger partial charge < -0.3 is 15.2 Å². The zero-order valence-electron chi connectivity index (χ0n) is 14.7. The molecule has 0 amide bonds. The van der Waals surface area contributed by atoms with Crippen molar-refractivity contribution in [2.75, 3.05) is 6.54 Å². The smallest absolute Gasteiger partial charge is 0.124 e. The molecule has 2 N–H and O–H groups in total. The van der Waals surface area contributed by atoms with Crippen molar-refractivity contribution in [2.45, 2.75) is 19.3 Å². The molecule has 27 heavy (non-hydrogen) atoms. The zero-order chi connectivity index (χ0) is 19.1. The first-order valence-electron chi connectivity index (χ1n) is 8.71. The number of rotatable bonds is 8. The second-order valence-electron chi connectivity index (χ2n) is 6.23. The van der Waals surface area contributed by atoms with E-state index in [-0.39, 0.29) is 0 Å². The second-order valence-corrected chi connectivity index (χ2v) is 7.10. The summed E-state index contributed by atoms with van der Waals surface area (Å²) in [6.07, 6.45) is -0.568. The lowest BCUT2D eigenvalue weighted by Crippen LogP contribution is -2.21. The number of aliphatic hydroxyl groups excluding tert-OH is 1. The van der Waals surface area contributed by atoms with Crippen molar-refractivity contribution in [2.24, 2.45) is 0 Å². The molecule has 0 spiro atoms. The van der Waals surface area contributed by atoms with Gasteiger partial charge in [0.25, 0.3) is 0 Å². The predicted octanol–water partition coefficient (Wildman–Crippen LogP) is 5.40. The van der Waals surface area contributed by atoms with Gasteiger partial charge in [-0.25, -0.2) is 0 Å². The van der Waals surface area contributed by atoms with Crippen LogP contribution in [0.3, 0.4) is 0 Å². The first-order valence-corrected chi connectivity index (χ1v) is 9.47. The van der Waals surface area contributed by atoms with Gasteiger partial charge in [-0.05, 0) is 41.5 Å². The third-order valence-electron chi connectivity index (χ3n) is 4.14. The maximum atomic E-state index is 10.3. The number of nitrogens with one attached hydrogen (secondary N) is 1. The van der Waals surface area contributed by atoms with Gasteiger partial charge in [-0.2, -0.15) is 0 Å². The maximum Gasteiger partial charge on any atom is 0.124 e. The number of hydrogen-bond donors (Lipinski definition) is 2. The minimum Gasteiger partial charge on any atom is -0.489 e. The topological polar surface area (TPSA) is 41.5 Å². The standard InChI is InChI=1S/C22H21Cl2NO2/c23-19-8-4-5-16(11-19)15-27-22-10-9-20(24)12-18(22)13-25-14-21(26)17-6-2-1-3-7-17/h1-12,21,25-26H,13-15H2/t21-/m0/s1. The molecule has 3 rings (SSSR count). The van der Waals surface area contributed by atoms with E-state index in [1.54, 1.807) is 6.07 Å². The average Bonchev–Trinajstić information content (AvgIpc) is 2.68. The van der Waals surface area contributed by atoms with Crippen molar-refractivity contribution in [3.63, 3.8) is 0 Å². The monoisotopic (exact) mass is 401 g/mol. The molecule has 0 fully saturated rings. The van der Waals surface area contributed by atoms with Crippen molar-refractivity contribution >= 4 is 23.2 Å². The van der Waals surface area contributed by atoms with Gasteiger partial charge in [-0.3, -0.25) is 0 Å². The van der Waals surface area contributed by atoms with Crippen LogP contribution in [-0.4, -0.2) is 11.7 Å². The molecular weight excluding hydrogens is 381 g/mol. The largest absolute Gasteiger partial charge is 0.489 e. The van der Waals surface area contributed by atoms with E-state index in [9.17, 15) is 5.11 Å². The van der Waals surface area contributed by atoms with Crippen LogP contribution in [0.1, 0.15) is 22.8 Å². The highest BCUT2D eigenvalue weighted by Crippen LogP contribution is 2.24. The van der Waals surface area contributed by atoms with Gasteiger partial charge >= 0.3 is 0 Å². The molecule has 140 valence electrons. The second kappa shape index (κ2) is 9.77. The van der Waals surface area contributed by atoms with Crippen LogP contribution in [0.2, 0.25) is 10.0 Å². The molecule has 5 heteroatoms. The highest BCUT2D eigenvalue weighted by Gasteiger charge is 2.09. The maximum absolute atomic E-state index is 10.3. The lowest BCUT2D eigenvalue weighted by atomic mass is 10.1. The molecule has 3 aromatic rings. The fourth-order valence-corrected chi connectivity index (χ4v) is 3.16. The molecule has 0 aliphatic heterocycles. The molecule has 0 saturated heterocycles. The van der Waals surface area contributed by atoms with Crippen molar-refractivity contribution in [1.82, 2.24) is 5.32 Å². The lowest BCUT2D eigenvalue weighted by Gasteiger charge is -2.15. The van der Waals surface area contributed by atoms with E-state index >= 15 is 0 Å². The predicted molar refractivity (Wildman–Crippen MR) is 110 cm³/mol. The van der Waals surface area contributed by atoms with Crippen LogP contribution in [0.15, 0.2) is 72.8 Å². The normalized spacial score (nSPS) is 12.0. The summed E-state index contributed by atoms with van der Waals surface area (Å²) in [7, 11) is 0. The summed E-state index contributed by atoms with van der Waals surface area (Å²) < 4.78 is 5.96. The van der Waals surface area contributed by atoms with Crippen LogP contribution in [-0.2, 0) is 13.2 Å². The fraction of sp³-hybridized carbons (Fsp3) is 0.182. The van der Waals surface area contributed by atoms with Gasteiger partial charge in [-0.15, -0.1) is 0 Å². The summed E-state index contributed by atoms with van der Waals surface area (Å²) >= 11 is 12.2. The van der Waals surface area contributed by atoms with Crippen LogP contribution in [0.4, 0.5) is 0 Å². The van der Waals surface area contributed by atoms with Crippen LogP contribution in [0.5, 0.6) is 5.75 Å². The molecule has 0 heterocycles. The Morgan fingerprint density at radius 1 is 0.889 bits per heavy atom. The van der Waals surface area contributed by atoms with E-state index in [1.807, 2.05) is 66.7 Å². The molecule has 0 aliphatic rings. The lowest BCUT2D eigenvalue weighted by molar-refractivity contribution is 0.174. The van der Waals surface area contributed by atoms with Gasteiger partial charge in [0.2, 0.25) is 0 Å². The fourth-order valence-electron chi connectivity index (χ4n) is 2.75. The Hall–Kier alpha value is -2.04. The highest BCUT2D eigenvalue weighted by atomic mass is 35.5. The summed E-state index contributed by atoms with van der Waals surface area (Å²) in [4.78, 5) is 0. The molecular formula is C22H21Cl2NO2. The molecule has 1 atom stereocenters. The summed E-state index contributed by atoms with van der Waals surface area (Å²) in [5, 5.41) is 14.9. The van der Waals surface area contributed by atoms with Crippen molar-refractivity contribution in [1.29, 1.82) is 0 Å². The third-order valence-corrected chi connectivity index (χ3v) is 4.61. The van der Waals surface area contributed by atoms with E-state index in [4.69, 9.17) is 27.9 Å². The molecule has 0 saturated carbocycles. The molecule has 0 radical (unpaired) electrons. The minimum atomic E-state index is -0.568. The van der Waals surface area contributed by atoms with Crippen LogP contribution in [0.25, 0.3) is 0 Å². The number of benzene rings is 3. The number of halogens is 2. The van der Waals surface area contributed by atoms with Crippen LogP contribution in [0, 0.1) is 0 Å². The van der Waals surface area contributed by atoms with Gasteiger partial charge in [0.1, 0.15) is 12.4 Å². The van der Waals surface area contributed by atoms with Crippen molar-refractivity contribution < 1.29 is 9.84 Å². The van der Waals surface area contributed by atoms with E-state index in [1.165, 1.54) is 0 Å². The third kappa shape index (κ3) is 5.98. The summed E-state index contributed by atoms with van der Waals surface area (Å²) in [5.74, 6) is 0.751. The first-order chi connectivity index (χ1) is 13.1. The highest BCUT2D eigenvalue weighted by molar-refractivity contribution is 6.30. The minimum absolute atomic E-state index is 0.418. The Morgan fingerprint density at radius 3 is 2.44 bits per heavy atom. The Bertz CT molecular complexity index is 871. The number of aliphatic hydroxyl groups is 1. The number of ether oxygens (including phenoxy) is 1. The SMILES string of the molecule is O[C@@H](CNCc1cc(Cl)ccc1OCc1cccc(Cl)c1)c1ccccc1. The van der Waals surface area contributed by atoms with E-state index in [0.717, 1.165) is 22.4 Å². The Kier molecular flexibility index (Phi) is 7.13. The summed E-state index contributed by atoms with van der Waals surface area (Å²) in [6, 6.07) is 22.7. The quantitative estimate of drug-likeness (QED) is 0.531. The molecule has 3 nitrogen and oxygen atoms in total. The number of hydrogen-bond acceptors (Lipinski definition) is 3. The van der Waals surface area contributed by atoms with Crippen molar-refractivity contribution in [3.8, 4) is 5.75 Å². The van der Waals surface area contributed by atoms with Gasteiger partial charge in [0.15, 0.2) is 0 Å².